The van der Waals surface area contributed by atoms with Gasteiger partial charge in [-0.05, 0) is 40.1 Å². The van der Waals surface area contributed by atoms with Crippen molar-refractivity contribution in [2.75, 3.05) is 5.32 Å². The third-order valence-corrected chi connectivity index (χ3v) is 4.36. The fourth-order valence-corrected chi connectivity index (χ4v) is 2.92. The molecule has 1 amide bonds. The van der Waals surface area contributed by atoms with Crippen LogP contribution in [0.1, 0.15) is 18.4 Å². The number of amides is 1. The molecule has 1 aliphatic heterocycles. The van der Waals surface area contributed by atoms with Crippen molar-refractivity contribution in [1.82, 2.24) is 10.3 Å². The highest BCUT2D eigenvalue weighted by Crippen LogP contribution is 2.31. The average molecular weight is 384 g/mol. The number of hydrogen-bond donors (Lipinski definition) is 2. The molecule has 28 heavy (non-hydrogen) atoms. The molecule has 4 rings (SSSR count). The summed E-state index contributed by atoms with van der Waals surface area (Å²) in [6.07, 6.45) is -0.630. The van der Waals surface area contributed by atoms with Gasteiger partial charge in [0, 0.05) is 6.42 Å². The van der Waals surface area contributed by atoms with Crippen molar-refractivity contribution in [3.63, 3.8) is 0 Å². The van der Waals surface area contributed by atoms with Gasteiger partial charge in [-0.2, -0.15) is 0 Å². The zero-order valence-electron chi connectivity index (χ0n) is 14.3. The van der Waals surface area contributed by atoms with Crippen molar-refractivity contribution >= 4 is 34.3 Å². The number of rotatable bonds is 5. The summed E-state index contributed by atoms with van der Waals surface area (Å²) in [6.45, 7) is 0. The third-order valence-electron chi connectivity index (χ3n) is 4.36. The molecule has 0 fully saturated rings. The van der Waals surface area contributed by atoms with E-state index in [0.717, 1.165) is 0 Å². The van der Waals surface area contributed by atoms with Crippen LogP contribution in [0.25, 0.3) is 11.0 Å². The summed E-state index contributed by atoms with van der Waals surface area (Å²) in [4.78, 5) is 29.5. The maximum Gasteiger partial charge on any atom is 0.351 e. The molecule has 0 bridgehead atoms. The number of fused-ring (bicyclic) bond motifs is 1. The van der Waals surface area contributed by atoms with Gasteiger partial charge in [0.25, 0.3) is 0 Å². The van der Waals surface area contributed by atoms with E-state index in [2.05, 4.69) is 25.4 Å². The van der Waals surface area contributed by atoms with E-state index in [9.17, 15) is 19.1 Å². The molecule has 2 N–H and O–H groups in total. The molecule has 2 aromatic carbocycles. The molecule has 142 valence electrons. The van der Waals surface area contributed by atoms with E-state index in [-0.39, 0.29) is 6.42 Å². The fourth-order valence-electron chi connectivity index (χ4n) is 2.92. The molecule has 0 saturated heterocycles. The van der Waals surface area contributed by atoms with Crippen LogP contribution in [0.15, 0.2) is 52.2 Å². The van der Waals surface area contributed by atoms with Gasteiger partial charge in [-0.25, -0.2) is 13.8 Å². The van der Waals surface area contributed by atoms with Crippen molar-refractivity contribution in [3.8, 4) is 0 Å². The van der Waals surface area contributed by atoms with Gasteiger partial charge in [0.05, 0.1) is 17.8 Å². The number of nitrogens with one attached hydrogen (secondary N) is 1. The fraction of sp³-hybridized carbons (Fsp3) is 0.167. The molecule has 0 saturated carbocycles. The van der Waals surface area contributed by atoms with E-state index in [1.807, 2.05) is 0 Å². The first-order valence-electron chi connectivity index (χ1n) is 8.22. The Hall–Kier alpha value is -3.82. The summed E-state index contributed by atoms with van der Waals surface area (Å²) in [5, 5.41) is 23.4. The lowest BCUT2D eigenvalue weighted by Gasteiger charge is -2.21. The van der Waals surface area contributed by atoms with Gasteiger partial charge >= 0.3 is 5.97 Å². The number of carboxylic acids is 1. The minimum Gasteiger partial charge on any atom is -0.478 e. The number of oxime groups is 1. The van der Waals surface area contributed by atoms with Crippen LogP contribution in [0.3, 0.4) is 0 Å². The Morgan fingerprint density at radius 3 is 2.71 bits per heavy atom. The van der Waals surface area contributed by atoms with Crippen molar-refractivity contribution in [1.29, 1.82) is 0 Å². The van der Waals surface area contributed by atoms with Gasteiger partial charge in [0.2, 0.25) is 11.5 Å². The summed E-state index contributed by atoms with van der Waals surface area (Å²) < 4.78 is 17.7. The second-order valence-electron chi connectivity index (χ2n) is 6.27. The van der Waals surface area contributed by atoms with Gasteiger partial charge in [0.1, 0.15) is 11.3 Å². The van der Waals surface area contributed by atoms with Crippen molar-refractivity contribution in [2.45, 2.75) is 18.4 Å². The van der Waals surface area contributed by atoms with Crippen LogP contribution in [0.4, 0.5) is 10.1 Å². The number of carboxylic acid groups (broad SMARTS) is 1. The topological polar surface area (TPSA) is 127 Å². The molecule has 2 heterocycles. The number of aliphatic carboxylic acids is 1. The maximum atomic E-state index is 13.1. The maximum absolute atomic E-state index is 13.1. The lowest BCUT2D eigenvalue weighted by Crippen LogP contribution is -2.42. The molecule has 9 nitrogen and oxygen atoms in total. The van der Waals surface area contributed by atoms with Gasteiger partial charge in [-0.1, -0.05) is 23.4 Å². The first-order chi connectivity index (χ1) is 13.5. The molecule has 1 aliphatic rings. The number of halogens is 1. The molecule has 1 atom stereocenters. The number of carbonyl (C=O) groups is 2. The monoisotopic (exact) mass is 384 g/mol. The van der Waals surface area contributed by atoms with E-state index in [4.69, 9.17) is 4.84 Å². The Morgan fingerprint density at radius 1 is 1.18 bits per heavy atom. The van der Waals surface area contributed by atoms with Crippen LogP contribution in [-0.2, 0) is 14.4 Å². The molecule has 0 unspecified atom stereocenters. The highest BCUT2D eigenvalue weighted by molar-refractivity contribution is 6.07. The van der Waals surface area contributed by atoms with E-state index < -0.39 is 29.7 Å². The highest BCUT2D eigenvalue weighted by Gasteiger charge is 2.49. The summed E-state index contributed by atoms with van der Waals surface area (Å²) >= 11 is 0. The number of anilines is 1. The van der Waals surface area contributed by atoms with E-state index in [1.165, 1.54) is 24.3 Å². The minimum absolute atomic E-state index is 0.142. The van der Waals surface area contributed by atoms with Crippen LogP contribution in [0.5, 0.6) is 0 Å². The molecule has 3 aromatic rings. The molecule has 0 spiro atoms. The Bertz CT molecular complexity index is 1090. The second kappa shape index (κ2) is 6.72. The van der Waals surface area contributed by atoms with Gasteiger partial charge in [0.15, 0.2) is 5.52 Å². The minimum atomic E-state index is -1.86. The van der Waals surface area contributed by atoms with Gasteiger partial charge in [-0.3, -0.25) is 4.79 Å². The normalized spacial score (nSPS) is 18.5. The smallest absolute Gasteiger partial charge is 0.351 e. The predicted octanol–water partition coefficient (Wildman–Crippen LogP) is 2.34. The Morgan fingerprint density at radius 2 is 1.96 bits per heavy atom. The SMILES string of the molecule is O=C(C[C@]1(C(=O)O)CC(c2ccc(F)cc2)=NO1)Nc1cccc2nonc12. The summed E-state index contributed by atoms with van der Waals surface area (Å²) in [5.74, 6) is -2.36. The quantitative estimate of drug-likeness (QED) is 0.691. The van der Waals surface area contributed by atoms with Crippen LogP contribution >= 0.6 is 0 Å². The number of aromatic nitrogens is 2. The van der Waals surface area contributed by atoms with Gasteiger partial charge in [-0.15, -0.1) is 0 Å². The standard InChI is InChI=1S/C18H13FN4O5/c19-11-6-4-10(5-7-11)14-8-18(17(25)26,27-21-14)9-15(24)20-12-2-1-3-13-16(12)23-28-22-13/h1-7H,8-9H2,(H,20,24)(H,25,26)/t18-/m0/s1. The molecule has 1 aromatic heterocycles. The van der Waals surface area contributed by atoms with E-state index in [1.54, 1.807) is 18.2 Å². The zero-order chi connectivity index (χ0) is 19.7. The molecular formula is C18H13FN4O5. The second-order valence-corrected chi connectivity index (χ2v) is 6.27. The van der Waals surface area contributed by atoms with Crippen LogP contribution < -0.4 is 5.32 Å². The number of hydrogen-bond acceptors (Lipinski definition) is 7. The van der Waals surface area contributed by atoms with Crippen molar-refractivity contribution in [3.05, 3.63) is 53.8 Å². The highest BCUT2D eigenvalue weighted by atomic mass is 19.1. The van der Waals surface area contributed by atoms with Crippen molar-refractivity contribution < 1.29 is 28.6 Å². The summed E-state index contributed by atoms with van der Waals surface area (Å²) in [5.41, 5.74) is 0.105. The Labute approximate surface area is 156 Å². The van der Waals surface area contributed by atoms with Crippen LogP contribution in [0.2, 0.25) is 0 Å². The first kappa shape index (κ1) is 17.6. The number of carbonyl (C=O) groups excluding carboxylic acids is 1. The lowest BCUT2D eigenvalue weighted by molar-refractivity contribution is -0.165. The molecule has 0 radical (unpaired) electrons. The van der Waals surface area contributed by atoms with Crippen LogP contribution in [-0.4, -0.2) is 38.6 Å². The lowest BCUT2D eigenvalue weighted by atomic mass is 9.90. The zero-order valence-corrected chi connectivity index (χ0v) is 14.3. The predicted molar refractivity (Wildman–Crippen MR) is 94.1 cm³/mol. The number of benzene rings is 2. The largest absolute Gasteiger partial charge is 0.478 e. The number of nitrogens with zero attached hydrogens (tertiary/aromatic N) is 3. The average Bonchev–Trinajstić information content (AvgIpc) is 3.31. The molecular weight excluding hydrogens is 371 g/mol. The van der Waals surface area contributed by atoms with Crippen LogP contribution in [0, 0.1) is 5.82 Å². The Balaban J connectivity index is 1.51. The van der Waals surface area contributed by atoms with E-state index >= 15 is 0 Å². The van der Waals surface area contributed by atoms with Gasteiger partial charge < -0.3 is 15.3 Å². The summed E-state index contributed by atoms with van der Waals surface area (Å²) in [7, 11) is 0. The molecule has 0 aliphatic carbocycles. The first-order valence-corrected chi connectivity index (χ1v) is 8.22. The summed E-state index contributed by atoms with van der Waals surface area (Å²) in [6, 6.07) is 10.3. The van der Waals surface area contributed by atoms with Crippen molar-refractivity contribution in [2.24, 2.45) is 5.16 Å². The Kier molecular flexibility index (Phi) is 4.22. The molecule has 10 heteroatoms. The third kappa shape index (κ3) is 3.15. The van der Waals surface area contributed by atoms with E-state index in [0.29, 0.717) is 28.0 Å².